The minimum absolute atomic E-state index is 0.150. The van der Waals surface area contributed by atoms with Crippen molar-refractivity contribution in [2.75, 3.05) is 46.5 Å². The van der Waals surface area contributed by atoms with Crippen LogP contribution in [-0.2, 0) is 10.2 Å². The Bertz CT molecular complexity index is 1100. The Morgan fingerprint density at radius 3 is 2.55 bits per heavy atom. The highest BCUT2D eigenvalue weighted by Crippen LogP contribution is 2.26. The van der Waals surface area contributed by atoms with Gasteiger partial charge < -0.3 is 14.8 Å². The maximum absolute atomic E-state index is 13.2. The van der Waals surface area contributed by atoms with Crippen LogP contribution in [0.4, 0.5) is 0 Å². The topological polar surface area (TPSA) is 81.0 Å². The highest BCUT2D eigenvalue weighted by molar-refractivity contribution is 5.94. The van der Waals surface area contributed by atoms with Crippen molar-refractivity contribution >= 4 is 11.6 Å². The number of hydrogen-bond donors (Lipinski definition) is 1. The molecule has 2 aromatic heterocycles. The second-order valence-electron chi connectivity index (χ2n) is 9.37. The Morgan fingerprint density at radius 1 is 1.15 bits per heavy atom. The van der Waals surface area contributed by atoms with E-state index in [9.17, 15) is 4.79 Å². The number of nitrogens with zero attached hydrogens (tertiary/aromatic N) is 4. The van der Waals surface area contributed by atoms with E-state index in [-0.39, 0.29) is 11.3 Å². The fourth-order valence-electron chi connectivity index (χ4n) is 3.83. The third-order valence-electron chi connectivity index (χ3n) is 5.85. The molecule has 33 heavy (non-hydrogen) atoms. The predicted molar refractivity (Wildman–Crippen MR) is 128 cm³/mol. The van der Waals surface area contributed by atoms with E-state index in [2.05, 4.69) is 31.0 Å². The molecule has 1 aromatic carbocycles. The average Bonchev–Trinajstić information content (AvgIpc) is 3.27. The molecule has 3 aromatic rings. The average molecular weight is 452 g/mol. The molecule has 8 heteroatoms. The van der Waals surface area contributed by atoms with E-state index >= 15 is 0 Å². The molecule has 4 rings (SSSR count). The van der Waals surface area contributed by atoms with Gasteiger partial charge in [-0.15, -0.1) is 0 Å². The number of nitrogens with one attached hydrogen (secondary N) is 1. The Hall–Kier alpha value is -2.97. The van der Waals surface area contributed by atoms with E-state index in [0.717, 1.165) is 62.0 Å². The summed E-state index contributed by atoms with van der Waals surface area (Å²) in [7, 11) is 1.64. The van der Waals surface area contributed by atoms with Crippen LogP contribution in [0.1, 0.15) is 43.4 Å². The molecule has 0 radical (unpaired) electrons. The lowest BCUT2D eigenvalue weighted by Crippen LogP contribution is -2.38. The maximum atomic E-state index is 13.2. The van der Waals surface area contributed by atoms with E-state index in [1.165, 1.54) is 0 Å². The van der Waals surface area contributed by atoms with Gasteiger partial charge in [-0.3, -0.25) is 9.69 Å². The van der Waals surface area contributed by atoms with Crippen molar-refractivity contribution < 1.29 is 14.3 Å². The molecule has 8 nitrogen and oxygen atoms in total. The van der Waals surface area contributed by atoms with Gasteiger partial charge >= 0.3 is 0 Å². The predicted octanol–water partition coefficient (Wildman–Crippen LogP) is 3.15. The number of methoxy groups -OCH3 is 1. The Kier molecular flexibility index (Phi) is 6.95. The zero-order valence-corrected chi connectivity index (χ0v) is 19.9. The molecule has 1 amide bonds. The molecular formula is C25H33N5O3. The van der Waals surface area contributed by atoms with Crippen LogP contribution in [0.3, 0.4) is 0 Å². The minimum Gasteiger partial charge on any atom is -0.497 e. The molecule has 1 N–H and O–H groups in total. The summed E-state index contributed by atoms with van der Waals surface area (Å²) in [5, 5.41) is 7.79. The van der Waals surface area contributed by atoms with Crippen LogP contribution in [0, 0.1) is 0 Å². The summed E-state index contributed by atoms with van der Waals surface area (Å²) >= 11 is 0. The molecule has 1 fully saturated rings. The van der Waals surface area contributed by atoms with Crippen LogP contribution >= 0.6 is 0 Å². The van der Waals surface area contributed by atoms with Gasteiger partial charge in [-0.05, 0) is 43.3 Å². The molecule has 0 unspecified atom stereocenters. The lowest BCUT2D eigenvalue weighted by Gasteiger charge is -2.26. The second-order valence-corrected chi connectivity index (χ2v) is 9.37. The van der Waals surface area contributed by atoms with E-state index in [4.69, 9.17) is 19.6 Å². The van der Waals surface area contributed by atoms with Gasteiger partial charge in [0.2, 0.25) is 0 Å². The van der Waals surface area contributed by atoms with Crippen LogP contribution in [0.25, 0.3) is 16.9 Å². The molecule has 1 aliphatic heterocycles. The fraction of sp³-hybridized carbons (Fsp3) is 0.480. The van der Waals surface area contributed by atoms with Crippen LogP contribution in [0.2, 0.25) is 0 Å². The van der Waals surface area contributed by atoms with Gasteiger partial charge in [0.1, 0.15) is 11.4 Å². The smallest absolute Gasteiger partial charge is 0.270 e. The van der Waals surface area contributed by atoms with Crippen molar-refractivity contribution in [1.29, 1.82) is 0 Å². The summed E-state index contributed by atoms with van der Waals surface area (Å²) in [6.07, 6.45) is 0.887. The van der Waals surface area contributed by atoms with Gasteiger partial charge in [-0.2, -0.15) is 5.10 Å². The van der Waals surface area contributed by atoms with Crippen molar-refractivity contribution in [2.45, 2.75) is 32.6 Å². The number of carbonyl (C=O) groups excluding carboxylic acids is 1. The van der Waals surface area contributed by atoms with Crippen molar-refractivity contribution in [3.63, 3.8) is 0 Å². The van der Waals surface area contributed by atoms with Crippen LogP contribution in [0.15, 0.2) is 36.4 Å². The van der Waals surface area contributed by atoms with Crippen LogP contribution < -0.4 is 10.1 Å². The van der Waals surface area contributed by atoms with Crippen molar-refractivity contribution in [3.05, 3.63) is 47.8 Å². The third-order valence-corrected chi connectivity index (χ3v) is 5.85. The lowest BCUT2D eigenvalue weighted by atomic mass is 9.93. The maximum Gasteiger partial charge on any atom is 0.270 e. The number of rotatable bonds is 7. The number of ether oxygens (including phenoxy) is 2. The van der Waals surface area contributed by atoms with Gasteiger partial charge in [-0.1, -0.05) is 20.8 Å². The molecule has 0 spiro atoms. The summed E-state index contributed by atoms with van der Waals surface area (Å²) in [6.45, 7) is 11.3. The van der Waals surface area contributed by atoms with Gasteiger partial charge in [0, 0.05) is 36.7 Å². The standard InChI is InChI=1S/C25H33N5O3/c1-25(2,3)22-17-23-27-20(18-6-8-19(32-4)9-7-18)16-21(30(23)28-22)24(31)26-10-5-11-29-12-14-33-15-13-29/h6-9,16-17H,5,10-15H2,1-4H3,(H,26,31). The summed E-state index contributed by atoms with van der Waals surface area (Å²) in [4.78, 5) is 20.4. The molecule has 1 aliphatic rings. The van der Waals surface area contributed by atoms with E-state index < -0.39 is 0 Å². The van der Waals surface area contributed by atoms with E-state index in [1.807, 2.05) is 36.4 Å². The number of hydrogen-bond acceptors (Lipinski definition) is 6. The highest BCUT2D eigenvalue weighted by Gasteiger charge is 2.22. The van der Waals surface area contributed by atoms with Crippen molar-refractivity contribution in [2.24, 2.45) is 0 Å². The normalized spacial score (nSPS) is 15.0. The van der Waals surface area contributed by atoms with Gasteiger partial charge in [0.05, 0.1) is 31.7 Å². The SMILES string of the molecule is COc1ccc(-c2cc(C(=O)NCCCN3CCOCC3)n3nc(C(C)(C)C)cc3n2)cc1. The first kappa shape index (κ1) is 23.2. The number of benzene rings is 1. The van der Waals surface area contributed by atoms with Crippen LogP contribution in [-0.4, -0.2) is 71.9 Å². The molecule has 176 valence electrons. The number of carbonyl (C=O) groups is 1. The van der Waals surface area contributed by atoms with Crippen molar-refractivity contribution in [1.82, 2.24) is 24.8 Å². The summed E-state index contributed by atoms with van der Waals surface area (Å²) < 4.78 is 12.3. The molecule has 0 saturated carbocycles. The first-order chi connectivity index (χ1) is 15.8. The van der Waals surface area contributed by atoms with Gasteiger partial charge in [-0.25, -0.2) is 9.50 Å². The molecule has 0 aliphatic carbocycles. The number of fused-ring (bicyclic) bond motifs is 1. The van der Waals surface area contributed by atoms with Crippen LogP contribution in [0.5, 0.6) is 5.75 Å². The first-order valence-electron chi connectivity index (χ1n) is 11.5. The first-order valence-corrected chi connectivity index (χ1v) is 11.5. The second kappa shape index (κ2) is 9.89. The molecule has 1 saturated heterocycles. The largest absolute Gasteiger partial charge is 0.497 e. The zero-order valence-electron chi connectivity index (χ0n) is 19.9. The lowest BCUT2D eigenvalue weighted by molar-refractivity contribution is 0.0374. The Balaban J connectivity index is 1.58. The van der Waals surface area contributed by atoms with E-state index in [0.29, 0.717) is 17.9 Å². The Labute approximate surface area is 194 Å². The quantitative estimate of drug-likeness (QED) is 0.556. The van der Waals surface area contributed by atoms with Gasteiger partial charge in [0.25, 0.3) is 5.91 Å². The van der Waals surface area contributed by atoms with E-state index in [1.54, 1.807) is 11.6 Å². The number of aromatic nitrogens is 3. The summed E-state index contributed by atoms with van der Waals surface area (Å²) in [6, 6.07) is 11.5. The fourth-order valence-corrected chi connectivity index (χ4v) is 3.83. The monoisotopic (exact) mass is 451 g/mol. The third kappa shape index (κ3) is 5.51. The minimum atomic E-state index is -0.153. The summed E-state index contributed by atoms with van der Waals surface area (Å²) in [5.41, 5.74) is 3.52. The Morgan fingerprint density at radius 2 is 1.88 bits per heavy atom. The molecular weight excluding hydrogens is 418 g/mol. The summed E-state index contributed by atoms with van der Waals surface area (Å²) in [5.74, 6) is 0.625. The number of morpholine rings is 1. The van der Waals surface area contributed by atoms with Gasteiger partial charge in [0.15, 0.2) is 5.65 Å². The zero-order chi connectivity index (χ0) is 23.4. The van der Waals surface area contributed by atoms with Crippen molar-refractivity contribution in [3.8, 4) is 17.0 Å². The molecule has 0 atom stereocenters. The number of amides is 1. The highest BCUT2D eigenvalue weighted by atomic mass is 16.5. The molecule has 0 bridgehead atoms. The molecule has 3 heterocycles.